The van der Waals surface area contributed by atoms with Crippen LogP contribution >= 0.6 is 0 Å². The molecule has 0 saturated heterocycles. The molecule has 2 aromatic rings. The van der Waals surface area contributed by atoms with Crippen LogP contribution in [0.25, 0.3) is 11.0 Å². The van der Waals surface area contributed by atoms with Gasteiger partial charge in [0.15, 0.2) is 0 Å². The number of nitrogens with zero attached hydrogens (tertiary/aromatic N) is 1. The van der Waals surface area contributed by atoms with Crippen molar-refractivity contribution < 1.29 is 4.42 Å². The summed E-state index contributed by atoms with van der Waals surface area (Å²) >= 11 is 0. The largest absolute Gasteiger partial charge is 0.459 e. The average Bonchev–Trinajstić information content (AvgIpc) is 2.81. The number of furan rings is 1. The van der Waals surface area contributed by atoms with E-state index in [9.17, 15) is 0 Å². The van der Waals surface area contributed by atoms with E-state index in [2.05, 4.69) is 44.7 Å². The predicted octanol–water partition coefficient (Wildman–Crippen LogP) is 4.05. The highest BCUT2D eigenvalue weighted by atomic mass is 16.3. The molecule has 0 aliphatic heterocycles. The van der Waals surface area contributed by atoms with E-state index in [1.54, 1.807) is 0 Å². The summed E-state index contributed by atoms with van der Waals surface area (Å²) in [6.07, 6.45) is 0. The van der Waals surface area contributed by atoms with Crippen molar-refractivity contribution in [3.8, 4) is 0 Å². The van der Waals surface area contributed by atoms with E-state index in [4.69, 9.17) is 10.2 Å². The van der Waals surface area contributed by atoms with E-state index in [0.717, 1.165) is 29.8 Å². The molecule has 3 heteroatoms. The van der Waals surface area contributed by atoms with Gasteiger partial charge in [0.25, 0.3) is 0 Å². The second kappa shape index (κ2) is 7.10. The van der Waals surface area contributed by atoms with Gasteiger partial charge in [0.2, 0.25) is 0 Å². The first-order valence-electron chi connectivity index (χ1n) is 7.93. The van der Waals surface area contributed by atoms with Gasteiger partial charge in [-0.25, -0.2) is 0 Å². The summed E-state index contributed by atoms with van der Waals surface area (Å²) in [6.45, 7) is 11.7. The lowest BCUT2D eigenvalue weighted by atomic mass is 10.1. The maximum atomic E-state index is 6.08. The highest BCUT2D eigenvalue weighted by Gasteiger charge is 2.24. The lowest BCUT2D eigenvalue weighted by Gasteiger charge is -2.32. The van der Waals surface area contributed by atoms with Crippen LogP contribution in [0.15, 0.2) is 34.7 Å². The molecule has 1 unspecified atom stereocenters. The van der Waals surface area contributed by atoms with Crippen LogP contribution in [0.1, 0.15) is 39.5 Å². The van der Waals surface area contributed by atoms with Crippen molar-refractivity contribution in [1.82, 2.24) is 4.90 Å². The van der Waals surface area contributed by atoms with E-state index < -0.39 is 0 Å². The molecule has 1 aromatic carbocycles. The van der Waals surface area contributed by atoms with Crippen LogP contribution in [-0.2, 0) is 0 Å². The molecule has 0 amide bonds. The number of rotatable bonds is 7. The fraction of sp³-hybridized carbons (Fsp3) is 0.556. The number of hydrogen-bond acceptors (Lipinski definition) is 3. The zero-order valence-electron chi connectivity index (χ0n) is 13.7. The molecule has 0 fully saturated rings. The quantitative estimate of drug-likeness (QED) is 0.836. The molecular weight excluding hydrogens is 260 g/mol. The smallest absolute Gasteiger partial charge is 0.134 e. The van der Waals surface area contributed by atoms with Crippen molar-refractivity contribution in [3.63, 3.8) is 0 Å². The molecule has 0 aliphatic rings. The van der Waals surface area contributed by atoms with E-state index in [1.807, 2.05) is 18.2 Å². The van der Waals surface area contributed by atoms with Crippen molar-refractivity contribution in [2.75, 3.05) is 19.6 Å². The fourth-order valence-electron chi connectivity index (χ4n) is 2.88. The van der Waals surface area contributed by atoms with E-state index in [-0.39, 0.29) is 6.04 Å². The highest BCUT2D eigenvalue weighted by molar-refractivity contribution is 5.77. The van der Waals surface area contributed by atoms with Crippen molar-refractivity contribution in [2.45, 2.75) is 33.7 Å². The zero-order valence-corrected chi connectivity index (χ0v) is 13.7. The summed E-state index contributed by atoms with van der Waals surface area (Å²) in [7, 11) is 0. The van der Waals surface area contributed by atoms with Gasteiger partial charge in [0, 0.05) is 25.0 Å². The van der Waals surface area contributed by atoms with Gasteiger partial charge < -0.3 is 10.2 Å². The Balaban J connectivity index is 2.29. The Kier molecular flexibility index (Phi) is 5.43. The topological polar surface area (TPSA) is 42.4 Å². The van der Waals surface area contributed by atoms with Gasteiger partial charge in [-0.1, -0.05) is 45.9 Å². The predicted molar refractivity (Wildman–Crippen MR) is 89.3 cm³/mol. The maximum Gasteiger partial charge on any atom is 0.134 e. The van der Waals surface area contributed by atoms with Crippen LogP contribution < -0.4 is 5.73 Å². The van der Waals surface area contributed by atoms with Crippen molar-refractivity contribution in [2.24, 2.45) is 17.6 Å². The third kappa shape index (κ3) is 4.08. The van der Waals surface area contributed by atoms with Crippen molar-refractivity contribution in [1.29, 1.82) is 0 Å². The van der Waals surface area contributed by atoms with E-state index in [0.29, 0.717) is 18.4 Å². The first-order valence-corrected chi connectivity index (χ1v) is 7.93. The first kappa shape index (κ1) is 16.1. The molecular formula is C18H28N2O. The monoisotopic (exact) mass is 288 g/mol. The molecule has 1 atom stereocenters. The van der Waals surface area contributed by atoms with Crippen LogP contribution in [-0.4, -0.2) is 24.5 Å². The van der Waals surface area contributed by atoms with Crippen LogP contribution in [0.2, 0.25) is 0 Å². The molecule has 0 radical (unpaired) electrons. The van der Waals surface area contributed by atoms with Gasteiger partial charge in [0.05, 0.1) is 6.04 Å². The minimum absolute atomic E-state index is 0.155. The standard InChI is InChI=1S/C18H28N2O/c1-13(2)11-20(12-14(3)4)16(10-19)18-9-15-7-5-6-8-17(15)21-18/h5-9,13-14,16H,10-12,19H2,1-4H3. The lowest BCUT2D eigenvalue weighted by molar-refractivity contribution is 0.145. The summed E-state index contributed by atoms with van der Waals surface area (Å²) in [5.74, 6) is 2.21. The Morgan fingerprint density at radius 1 is 1.05 bits per heavy atom. The van der Waals surface area contributed by atoms with E-state index in [1.165, 1.54) is 0 Å². The Morgan fingerprint density at radius 2 is 1.67 bits per heavy atom. The second-order valence-electron chi connectivity index (χ2n) is 6.68. The molecule has 2 N–H and O–H groups in total. The summed E-state index contributed by atoms with van der Waals surface area (Å²) in [6, 6.07) is 10.4. The average molecular weight is 288 g/mol. The Morgan fingerprint density at radius 3 is 2.19 bits per heavy atom. The van der Waals surface area contributed by atoms with Gasteiger partial charge in [-0.05, 0) is 24.0 Å². The molecule has 0 spiro atoms. The van der Waals surface area contributed by atoms with Crippen LogP contribution in [0, 0.1) is 11.8 Å². The van der Waals surface area contributed by atoms with Crippen LogP contribution in [0.4, 0.5) is 0 Å². The Bertz CT molecular complexity index is 516. The number of nitrogens with two attached hydrogens (primary N) is 1. The maximum absolute atomic E-state index is 6.08. The van der Waals surface area contributed by atoms with Crippen LogP contribution in [0.5, 0.6) is 0 Å². The minimum atomic E-state index is 0.155. The molecule has 0 aliphatic carbocycles. The minimum Gasteiger partial charge on any atom is -0.459 e. The fourth-order valence-corrected chi connectivity index (χ4v) is 2.88. The Hall–Kier alpha value is -1.32. The Labute approximate surface area is 128 Å². The number of para-hydroxylation sites is 1. The number of benzene rings is 1. The first-order chi connectivity index (χ1) is 10.0. The molecule has 21 heavy (non-hydrogen) atoms. The van der Waals surface area contributed by atoms with Gasteiger partial charge in [-0.15, -0.1) is 0 Å². The van der Waals surface area contributed by atoms with Crippen LogP contribution in [0.3, 0.4) is 0 Å². The second-order valence-corrected chi connectivity index (χ2v) is 6.68. The highest BCUT2D eigenvalue weighted by Crippen LogP contribution is 2.28. The van der Waals surface area contributed by atoms with Gasteiger partial charge >= 0.3 is 0 Å². The number of fused-ring (bicyclic) bond motifs is 1. The molecule has 3 nitrogen and oxygen atoms in total. The van der Waals surface area contributed by atoms with E-state index >= 15 is 0 Å². The third-order valence-electron chi connectivity index (χ3n) is 3.64. The summed E-state index contributed by atoms with van der Waals surface area (Å²) < 4.78 is 6.04. The van der Waals surface area contributed by atoms with Gasteiger partial charge in [-0.3, -0.25) is 4.90 Å². The van der Waals surface area contributed by atoms with Gasteiger partial charge in [0.1, 0.15) is 11.3 Å². The number of hydrogen-bond donors (Lipinski definition) is 1. The zero-order chi connectivity index (χ0) is 15.4. The lowest BCUT2D eigenvalue weighted by Crippen LogP contribution is -2.38. The summed E-state index contributed by atoms with van der Waals surface area (Å²) in [4.78, 5) is 2.47. The molecule has 116 valence electrons. The third-order valence-corrected chi connectivity index (χ3v) is 3.64. The summed E-state index contributed by atoms with van der Waals surface area (Å²) in [5, 5.41) is 1.15. The van der Waals surface area contributed by atoms with Crippen molar-refractivity contribution >= 4 is 11.0 Å². The molecule has 1 heterocycles. The molecule has 2 rings (SSSR count). The molecule has 1 aromatic heterocycles. The van der Waals surface area contributed by atoms with Crippen molar-refractivity contribution in [3.05, 3.63) is 36.1 Å². The SMILES string of the molecule is CC(C)CN(CC(C)C)C(CN)c1cc2ccccc2o1. The van der Waals surface area contributed by atoms with Gasteiger partial charge in [-0.2, -0.15) is 0 Å². The molecule has 0 bridgehead atoms. The normalized spacial score (nSPS) is 13.7. The molecule has 0 saturated carbocycles. The summed E-state index contributed by atoms with van der Waals surface area (Å²) in [5.41, 5.74) is 7.02.